The van der Waals surface area contributed by atoms with Crippen molar-refractivity contribution in [3.8, 4) is 10.4 Å². The van der Waals surface area contributed by atoms with Gasteiger partial charge in [0.2, 0.25) is 0 Å². The Hall–Kier alpha value is -1.42. The maximum absolute atomic E-state index is 11.8. The zero-order valence-electron chi connectivity index (χ0n) is 9.57. The molecular weight excluding hydrogens is 220 g/mol. The lowest BCUT2D eigenvalue weighted by atomic mass is 10.1. The summed E-state index contributed by atoms with van der Waals surface area (Å²) in [7, 11) is 0. The minimum atomic E-state index is 0.0527. The molecule has 4 heteroatoms. The predicted molar refractivity (Wildman–Crippen MR) is 65.8 cm³/mol. The standard InChI is InChI=1S/C12H14N2OS/c1-7(2)12(15)11-5-4-10(16-11)9-6-13-14-8(9)3/h4-7H,1-3H3,(H,13,14). The van der Waals surface area contributed by atoms with Crippen LogP contribution in [-0.2, 0) is 0 Å². The Morgan fingerprint density at radius 2 is 2.19 bits per heavy atom. The fourth-order valence-electron chi connectivity index (χ4n) is 1.50. The molecule has 2 heterocycles. The highest BCUT2D eigenvalue weighted by molar-refractivity contribution is 7.17. The van der Waals surface area contributed by atoms with Crippen molar-refractivity contribution in [3.05, 3.63) is 28.9 Å². The number of aryl methyl sites for hydroxylation is 1. The Kier molecular flexibility index (Phi) is 2.92. The van der Waals surface area contributed by atoms with E-state index >= 15 is 0 Å². The molecule has 0 aliphatic rings. The Bertz CT molecular complexity index is 511. The number of carbonyl (C=O) groups is 1. The van der Waals surface area contributed by atoms with Crippen molar-refractivity contribution in [2.75, 3.05) is 0 Å². The van der Waals surface area contributed by atoms with Gasteiger partial charge in [0.25, 0.3) is 0 Å². The van der Waals surface area contributed by atoms with Gasteiger partial charge in [0.1, 0.15) is 0 Å². The monoisotopic (exact) mass is 234 g/mol. The Balaban J connectivity index is 2.34. The summed E-state index contributed by atoms with van der Waals surface area (Å²) in [5.41, 5.74) is 2.11. The number of nitrogens with one attached hydrogen (secondary N) is 1. The number of thiophene rings is 1. The minimum absolute atomic E-state index is 0.0527. The maximum atomic E-state index is 11.8. The summed E-state index contributed by atoms with van der Waals surface area (Å²) in [6.45, 7) is 5.82. The molecule has 0 saturated carbocycles. The van der Waals surface area contributed by atoms with Gasteiger partial charge in [-0.1, -0.05) is 13.8 Å². The number of aromatic nitrogens is 2. The van der Waals surface area contributed by atoms with Gasteiger partial charge in [-0.25, -0.2) is 0 Å². The van der Waals surface area contributed by atoms with Crippen molar-refractivity contribution in [2.45, 2.75) is 20.8 Å². The molecule has 2 aromatic heterocycles. The Morgan fingerprint density at radius 3 is 2.75 bits per heavy atom. The zero-order valence-corrected chi connectivity index (χ0v) is 10.4. The fraction of sp³-hybridized carbons (Fsp3) is 0.333. The average molecular weight is 234 g/mol. The van der Waals surface area contributed by atoms with E-state index in [9.17, 15) is 4.79 Å². The smallest absolute Gasteiger partial charge is 0.175 e. The molecule has 0 radical (unpaired) electrons. The van der Waals surface area contributed by atoms with Crippen LogP contribution in [0.3, 0.4) is 0 Å². The van der Waals surface area contributed by atoms with Crippen LogP contribution in [0.15, 0.2) is 18.3 Å². The van der Waals surface area contributed by atoms with Gasteiger partial charge >= 0.3 is 0 Å². The van der Waals surface area contributed by atoms with Crippen molar-refractivity contribution >= 4 is 17.1 Å². The summed E-state index contributed by atoms with van der Waals surface area (Å²) in [5.74, 6) is 0.259. The van der Waals surface area contributed by atoms with E-state index in [1.165, 1.54) is 11.3 Å². The first-order chi connectivity index (χ1) is 7.59. The molecule has 0 atom stereocenters. The minimum Gasteiger partial charge on any atom is -0.293 e. The number of hydrogen-bond donors (Lipinski definition) is 1. The number of carbonyl (C=O) groups excluding carboxylic acids is 1. The van der Waals surface area contributed by atoms with Crippen molar-refractivity contribution in [1.82, 2.24) is 10.2 Å². The third kappa shape index (κ3) is 1.93. The quantitative estimate of drug-likeness (QED) is 0.828. The molecule has 0 unspecified atom stereocenters. The second-order valence-corrected chi connectivity index (χ2v) is 5.18. The summed E-state index contributed by atoms with van der Waals surface area (Å²) in [6.07, 6.45) is 1.80. The molecular formula is C12H14N2OS. The Labute approximate surface area is 98.5 Å². The van der Waals surface area contributed by atoms with Gasteiger partial charge in [-0.05, 0) is 19.1 Å². The molecule has 84 valence electrons. The first kappa shape index (κ1) is 11.1. The van der Waals surface area contributed by atoms with E-state index in [0.29, 0.717) is 0 Å². The molecule has 0 fully saturated rings. The lowest BCUT2D eigenvalue weighted by Crippen LogP contribution is -2.04. The molecule has 2 rings (SSSR count). The fourth-order valence-corrected chi connectivity index (χ4v) is 2.66. The van der Waals surface area contributed by atoms with Gasteiger partial charge in [0.15, 0.2) is 5.78 Å². The van der Waals surface area contributed by atoms with E-state index in [1.807, 2.05) is 32.9 Å². The second-order valence-electron chi connectivity index (χ2n) is 4.09. The van der Waals surface area contributed by atoms with Gasteiger partial charge in [-0.15, -0.1) is 11.3 Å². The lowest BCUT2D eigenvalue weighted by Gasteiger charge is -1.99. The largest absolute Gasteiger partial charge is 0.293 e. The molecule has 0 aromatic carbocycles. The van der Waals surface area contributed by atoms with Crippen molar-refractivity contribution in [2.24, 2.45) is 5.92 Å². The highest BCUT2D eigenvalue weighted by Gasteiger charge is 2.14. The second kappa shape index (κ2) is 4.22. The molecule has 0 bridgehead atoms. The van der Waals surface area contributed by atoms with Crippen LogP contribution >= 0.6 is 11.3 Å². The van der Waals surface area contributed by atoms with Crippen LogP contribution in [0.5, 0.6) is 0 Å². The van der Waals surface area contributed by atoms with Crippen molar-refractivity contribution in [3.63, 3.8) is 0 Å². The predicted octanol–water partition coefficient (Wildman–Crippen LogP) is 3.29. The van der Waals surface area contributed by atoms with Crippen molar-refractivity contribution in [1.29, 1.82) is 0 Å². The number of ketones is 1. The highest BCUT2D eigenvalue weighted by Crippen LogP contribution is 2.30. The molecule has 2 aromatic rings. The normalized spacial score (nSPS) is 11.0. The third-order valence-electron chi connectivity index (χ3n) is 2.47. The van der Waals surface area contributed by atoms with Crippen LogP contribution < -0.4 is 0 Å². The van der Waals surface area contributed by atoms with Gasteiger partial charge in [-0.2, -0.15) is 5.10 Å². The number of nitrogens with zero attached hydrogens (tertiary/aromatic N) is 1. The zero-order chi connectivity index (χ0) is 11.7. The molecule has 0 spiro atoms. The van der Waals surface area contributed by atoms with E-state index in [2.05, 4.69) is 10.2 Å². The van der Waals surface area contributed by atoms with Crippen molar-refractivity contribution < 1.29 is 4.79 Å². The average Bonchev–Trinajstić information content (AvgIpc) is 2.84. The lowest BCUT2D eigenvalue weighted by molar-refractivity contribution is 0.0943. The number of aromatic amines is 1. The molecule has 0 saturated heterocycles. The van der Waals surface area contributed by atoms with Gasteiger partial charge in [0.05, 0.1) is 11.1 Å². The summed E-state index contributed by atoms with van der Waals surface area (Å²) in [6, 6.07) is 3.88. The summed E-state index contributed by atoms with van der Waals surface area (Å²) >= 11 is 1.53. The number of Topliss-reactive ketones (excluding diaryl/α,β-unsaturated/α-hetero) is 1. The first-order valence-electron chi connectivity index (χ1n) is 5.24. The van der Waals surface area contributed by atoms with E-state index in [0.717, 1.165) is 21.0 Å². The molecule has 0 aliphatic heterocycles. The van der Waals surface area contributed by atoms with E-state index < -0.39 is 0 Å². The maximum Gasteiger partial charge on any atom is 0.175 e. The van der Waals surface area contributed by atoms with Crippen LogP contribution in [0.4, 0.5) is 0 Å². The SMILES string of the molecule is Cc1[nH]ncc1-c1ccc(C(=O)C(C)C)s1. The highest BCUT2D eigenvalue weighted by atomic mass is 32.1. The van der Waals surface area contributed by atoms with Gasteiger partial charge in [0, 0.05) is 22.1 Å². The number of rotatable bonds is 3. The van der Waals surface area contributed by atoms with Crippen LogP contribution in [-0.4, -0.2) is 16.0 Å². The van der Waals surface area contributed by atoms with E-state index in [-0.39, 0.29) is 11.7 Å². The molecule has 3 nitrogen and oxygen atoms in total. The summed E-state index contributed by atoms with van der Waals surface area (Å²) in [5, 5.41) is 6.88. The number of H-pyrrole nitrogens is 1. The Morgan fingerprint density at radius 1 is 1.44 bits per heavy atom. The number of hydrogen-bond acceptors (Lipinski definition) is 3. The summed E-state index contributed by atoms with van der Waals surface area (Å²) in [4.78, 5) is 13.7. The third-order valence-corrected chi connectivity index (χ3v) is 3.60. The molecule has 16 heavy (non-hydrogen) atoms. The van der Waals surface area contributed by atoms with E-state index in [1.54, 1.807) is 6.20 Å². The van der Waals surface area contributed by atoms with Gasteiger partial charge in [-0.3, -0.25) is 9.89 Å². The van der Waals surface area contributed by atoms with Crippen LogP contribution in [0, 0.1) is 12.8 Å². The van der Waals surface area contributed by atoms with Gasteiger partial charge < -0.3 is 0 Å². The van der Waals surface area contributed by atoms with Crippen LogP contribution in [0.1, 0.15) is 29.2 Å². The van der Waals surface area contributed by atoms with Crippen LogP contribution in [0.2, 0.25) is 0 Å². The molecule has 1 N–H and O–H groups in total. The first-order valence-corrected chi connectivity index (χ1v) is 6.05. The molecule has 0 amide bonds. The topological polar surface area (TPSA) is 45.8 Å². The summed E-state index contributed by atoms with van der Waals surface area (Å²) < 4.78 is 0. The van der Waals surface area contributed by atoms with E-state index in [4.69, 9.17) is 0 Å². The van der Waals surface area contributed by atoms with Crippen LogP contribution in [0.25, 0.3) is 10.4 Å². The molecule has 0 aliphatic carbocycles.